The number of nitrogens with zero attached hydrogens (tertiary/aromatic N) is 4. The Balaban J connectivity index is 0.763. The molecule has 98 heavy (non-hydrogen) atoms. The first-order valence-corrected chi connectivity index (χ1v) is 34.0. The van der Waals surface area contributed by atoms with Gasteiger partial charge in [0.25, 0.3) is 0 Å². The van der Waals surface area contributed by atoms with Crippen LogP contribution in [0.3, 0.4) is 0 Å². The third kappa shape index (κ3) is 9.35. The van der Waals surface area contributed by atoms with Crippen molar-refractivity contribution in [3.8, 4) is 67.0 Å². The Bertz CT molecular complexity index is 5500. The van der Waals surface area contributed by atoms with Crippen molar-refractivity contribution in [2.75, 3.05) is 9.80 Å². The summed E-state index contributed by atoms with van der Waals surface area (Å²) < 4.78 is 4.82. The molecular weight excluding hydrogens is 1190 g/mol. The minimum Gasteiger partial charge on any atom is -0.310 e. The van der Waals surface area contributed by atoms with Gasteiger partial charge >= 0.3 is 0 Å². The molecule has 4 heteroatoms. The molecule has 0 radical (unpaired) electrons. The molecule has 2 aromatic heterocycles. The van der Waals surface area contributed by atoms with Crippen LogP contribution in [0.25, 0.3) is 123 Å². The smallest absolute Gasteiger partial charge is 0.0542 e. The summed E-state index contributed by atoms with van der Waals surface area (Å²) in [5.41, 5.74) is 32.8. The van der Waals surface area contributed by atoms with Gasteiger partial charge in [0, 0.05) is 77.9 Å². The predicted octanol–water partition coefficient (Wildman–Crippen LogP) is 25.7. The standard InChI is InChI=1S/C94H70N4/c1-7-61-27-31-65(32-28-61)67-39-51-89-81(55-67)83-57-73(47-53-91(83)97(89)69-19-11-9-12-20-69)95(75-45-49-79-77-23-15-17-25-85(77)93(3,4)87(79)59-75)71-41-35-63(36-42-71)64-37-43-72(44-38-64)96(76-46-50-80-78-24-16-18-26-86(78)94(5,6)88(80)60-76)74-48-54-92-84(58-74)82-56-68(66-33-29-62(8-2)30-34-66)40-52-90(82)98(92)70-21-13-10-14-22-70/h7-60H,1-2H2,3-6H3. The van der Waals surface area contributed by atoms with E-state index in [-0.39, 0.29) is 10.8 Å². The molecule has 0 saturated carbocycles. The van der Waals surface area contributed by atoms with Gasteiger partial charge in [-0.3, -0.25) is 0 Å². The lowest BCUT2D eigenvalue weighted by Gasteiger charge is -2.29. The predicted molar refractivity (Wildman–Crippen MR) is 416 cm³/mol. The van der Waals surface area contributed by atoms with Crippen molar-refractivity contribution in [2.45, 2.75) is 38.5 Å². The molecule has 4 nitrogen and oxygen atoms in total. The number of fused-ring (bicyclic) bond motifs is 12. The fourth-order valence-corrected chi connectivity index (χ4v) is 16.2. The molecular formula is C94H70N4. The molecule has 2 heterocycles. The number of para-hydroxylation sites is 2. The van der Waals surface area contributed by atoms with Gasteiger partial charge in [0.1, 0.15) is 0 Å². The van der Waals surface area contributed by atoms with Gasteiger partial charge in [-0.05, 0) is 222 Å². The van der Waals surface area contributed by atoms with Crippen LogP contribution in [-0.2, 0) is 10.8 Å². The summed E-state index contributed by atoms with van der Waals surface area (Å²) in [6, 6.07) is 117. The van der Waals surface area contributed by atoms with Crippen molar-refractivity contribution >= 4 is 89.9 Å². The molecule has 14 aromatic carbocycles. The molecule has 2 aliphatic rings. The van der Waals surface area contributed by atoms with Crippen LogP contribution >= 0.6 is 0 Å². The van der Waals surface area contributed by atoms with E-state index in [1.165, 1.54) is 88.3 Å². The Morgan fingerprint density at radius 1 is 0.255 bits per heavy atom. The van der Waals surface area contributed by atoms with E-state index in [1.807, 2.05) is 12.2 Å². The van der Waals surface area contributed by atoms with Gasteiger partial charge in [-0.2, -0.15) is 0 Å². The van der Waals surface area contributed by atoms with Gasteiger partial charge < -0.3 is 18.9 Å². The summed E-state index contributed by atoms with van der Waals surface area (Å²) in [6.07, 6.45) is 3.80. The van der Waals surface area contributed by atoms with E-state index in [9.17, 15) is 0 Å². The van der Waals surface area contributed by atoms with E-state index in [0.29, 0.717) is 0 Å². The van der Waals surface area contributed by atoms with Crippen LogP contribution in [0, 0.1) is 0 Å². The van der Waals surface area contributed by atoms with E-state index < -0.39 is 0 Å². The molecule has 0 atom stereocenters. The Labute approximate surface area is 572 Å². The maximum atomic E-state index is 4.02. The van der Waals surface area contributed by atoms with Gasteiger partial charge in [-0.25, -0.2) is 0 Å². The van der Waals surface area contributed by atoms with Crippen LogP contribution in [0.4, 0.5) is 34.1 Å². The van der Waals surface area contributed by atoms with Crippen molar-refractivity contribution in [3.05, 3.63) is 362 Å². The molecule has 0 amide bonds. The van der Waals surface area contributed by atoms with Crippen molar-refractivity contribution in [1.82, 2.24) is 9.13 Å². The highest BCUT2D eigenvalue weighted by Crippen LogP contribution is 2.54. The average molecular weight is 1260 g/mol. The van der Waals surface area contributed by atoms with Crippen molar-refractivity contribution in [3.63, 3.8) is 0 Å². The minimum absolute atomic E-state index is 0.186. The fourth-order valence-electron chi connectivity index (χ4n) is 16.2. The van der Waals surface area contributed by atoms with Crippen LogP contribution < -0.4 is 9.80 Å². The van der Waals surface area contributed by atoms with E-state index in [1.54, 1.807) is 0 Å². The van der Waals surface area contributed by atoms with E-state index in [0.717, 1.165) is 89.8 Å². The highest BCUT2D eigenvalue weighted by molar-refractivity contribution is 6.13. The molecule has 466 valence electrons. The summed E-state index contributed by atoms with van der Waals surface area (Å²) in [5.74, 6) is 0. The Morgan fingerprint density at radius 2 is 0.541 bits per heavy atom. The molecule has 16 aromatic rings. The fraction of sp³-hybridized carbons (Fsp3) is 0.0638. The van der Waals surface area contributed by atoms with Crippen LogP contribution in [-0.4, -0.2) is 9.13 Å². The Morgan fingerprint density at radius 3 is 0.929 bits per heavy atom. The van der Waals surface area contributed by atoms with E-state index >= 15 is 0 Å². The zero-order chi connectivity index (χ0) is 66.0. The summed E-state index contributed by atoms with van der Waals surface area (Å²) >= 11 is 0. The zero-order valence-corrected chi connectivity index (χ0v) is 55.4. The van der Waals surface area contributed by atoms with Crippen molar-refractivity contribution in [1.29, 1.82) is 0 Å². The second kappa shape index (κ2) is 22.7. The number of rotatable bonds is 13. The van der Waals surface area contributed by atoms with Gasteiger partial charge in [0.15, 0.2) is 0 Å². The van der Waals surface area contributed by atoms with Crippen LogP contribution in [0.5, 0.6) is 0 Å². The highest BCUT2D eigenvalue weighted by Gasteiger charge is 2.37. The summed E-state index contributed by atoms with van der Waals surface area (Å²) in [7, 11) is 0. The Kier molecular flexibility index (Phi) is 13.5. The monoisotopic (exact) mass is 1250 g/mol. The molecule has 0 unspecified atom stereocenters. The molecule has 0 aliphatic heterocycles. The largest absolute Gasteiger partial charge is 0.310 e. The van der Waals surface area contributed by atoms with E-state index in [2.05, 4.69) is 375 Å². The van der Waals surface area contributed by atoms with Crippen molar-refractivity contribution < 1.29 is 0 Å². The first-order valence-electron chi connectivity index (χ1n) is 34.0. The third-order valence-corrected chi connectivity index (χ3v) is 21.2. The molecule has 0 spiro atoms. The SMILES string of the molecule is C=Cc1ccc(-c2ccc3c(c2)c2cc(N(c4ccc(-c5ccc(N(c6ccc7c(c6)C(C)(C)c6ccccc6-7)c6ccc7c(c6)c6cc(-c8ccc(C=C)cc8)ccc6n7-c6ccccc6)cc5)cc4)c4ccc5c(c4)C(C)(C)c4ccccc4-5)ccc2n3-c2ccccc2)cc1. The van der Waals surface area contributed by atoms with E-state index in [4.69, 9.17) is 0 Å². The number of anilines is 6. The second-order valence-electron chi connectivity index (χ2n) is 27.4. The minimum atomic E-state index is -0.186. The second-order valence-corrected chi connectivity index (χ2v) is 27.4. The molecule has 0 fully saturated rings. The molecule has 0 N–H and O–H groups in total. The first-order chi connectivity index (χ1) is 48.0. The highest BCUT2D eigenvalue weighted by atomic mass is 15.2. The summed E-state index contributed by atoms with van der Waals surface area (Å²) in [4.78, 5) is 4.91. The number of hydrogen-bond donors (Lipinski definition) is 0. The van der Waals surface area contributed by atoms with Gasteiger partial charge in [0.05, 0.1) is 22.1 Å². The lowest BCUT2D eigenvalue weighted by molar-refractivity contribution is 0.660. The average Bonchev–Trinajstić information content (AvgIpc) is 1.59. The molecule has 2 aliphatic carbocycles. The summed E-state index contributed by atoms with van der Waals surface area (Å²) in [5, 5.41) is 4.76. The summed E-state index contributed by atoms with van der Waals surface area (Å²) in [6.45, 7) is 17.5. The maximum Gasteiger partial charge on any atom is 0.0542 e. The van der Waals surface area contributed by atoms with Crippen LogP contribution in [0.2, 0.25) is 0 Å². The van der Waals surface area contributed by atoms with Gasteiger partial charge in [0.2, 0.25) is 0 Å². The number of aromatic nitrogens is 2. The molecule has 0 bridgehead atoms. The molecule has 0 saturated heterocycles. The first kappa shape index (κ1) is 58.3. The lowest BCUT2D eigenvalue weighted by atomic mass is 9.82. The quantitative estimate of drug-likeness (QED) is 0.114. The maximum absolute atomic E-state index is 4.02. The number of hydrogen-bond acceptors (Lipinski definition) is 2. The van der Waals surface area contributed by atoms with Gasteiger partial charge in [-0.1, -0.05) is 235 Å². The van der Waals surface area contributed by atoms with Crippen LogP contribution in [0.15, 0.2) is 329 Å². The van der Waals surface area contributed by atoms with Gasteiger partial charge in [-0.15, -0.1) is 0 Å². The number of benzene rings is 14. The van der Waals surface area contributed by atoms with Crippen molar-refractivity contribution in [2.24, 2.45) is 0 Å². The molecule has 18 rings (SSSR count). The van der Waals surface area contributed by atoms with Crippen LogP contribution in [0.1, 0.15) is 61.1 Å². The Hall–Kier alpha value is -12.2. The normalized spacial score (nSPS) is 13.1. The topological polar surface area (TPSA) is 16.3 Å². The zero-order valence-electron chi connectivity index (χ0n) is 55.4. The third-order valence-electron chi connectivity index (χ3n) is 21.2. The lowest BCUT2D eigenvalue weighted by Crippen LogP contribution is -2.16.